The minimum atomic E-state index is 0.0810. The number of pyridine rings is 2. The number of H-pyrrole nitrogens is 1. The van der Waals surface area contributed by atoms with Gasteiger partial charge in [-0.1, -0.05) is 25.7 Å². The lowest BCUT2D eigenvalue weighted by Crippen LogP contribution is -1.95. The summed E-state index contributed by atoms with van der Waals surface area (Å²) in [6, 6.07) is 6.11. The molecule has 0 amide bonds. The highest BCUT2D eigenvalue weighted by Crippen LogP contribution is 2.31. The van der Waals surface area contributed by atoms with Crippen LogP contribution in [0, 0.1) is 17.8 Å². The van der Waals surface area contributed by atoms with Crippen LogP contribution >= 0.6 is 0 Å². The molecule has 24 heavy (non-hydrogen) atoms. The van der Waals surface area contributed by atoms with Crippen LogP contribution in [-0.2, 0) is 6.42 Å². The summed E-state index contributed by atoms with van der Waals surface area (Å²) in [5.41, 5.74) is 5.25. The molecule has 0 aromatic carbocycles. The Morgan fingerprint density at radius 1 is 1.25 bits per heavy atom. The van der Waals surface area contributed by atoms with Crippen LogP contribution < -0.4 is 0 Å². The van der Waals surface area contributed by atoms with Gasteiger partial charge in [-0.3, -0.25) is 4.98 Å². The third kappa shape index (κ3) is 3.47. The summed E-state index contributed by atoms with van der Waals surface area (Å²) in [4.78, 5) is 12.1. The molecule has 122 valence electrons. The number of aliphatic hydroxyl groups is 1. The number of hydrogen-bond acceptors (Lipinski definition) is 3. The molecule has 2 N–H and O–H groups in total. The highest BCUT2D eigenvalue weighted by atomic mass is 16.2. The van der Waals surface area contributed by atoms with Gasteiger partial charge in [-0.15, -0.1) is 0 Å². The van der Waals surface area contributed by atoms with Crippen molar-refractivity contribution in [2.75, 3.05) is 6.61 Å². The molecule has 0 spiro atoms. The minimum absolute atomic E-state index is 0.0810. The fourth-order valence-electron chi connectivity index (χ4n) is 2.80. The lowest BCUT2D eigenvalue weighted by atomic mass is 9.97. The van der Waals surface area contributed by atoms with Gasteiger partial charge in [0.2, 0.25) is 0 Å². The molecule has 3 rings (SSSR count). The number of aromatic amines is 1. The molecular formula is C20H21N3O. The molecule has 0 saturated heterocycles. The van der Waals surface area contributed by atoms with Gasteiger partial charge >= 0.3 is 0 Å². The summed E-state index contributed by atoms with van der Waals surface area (Å²) in [5.74, 6) is 6.56. The van der Waals surface area contributed by atoms with Crippen molar-refractivity contribution >= 4 is 11.0 Å². The van der Waals surface area contributed by atoms with E-state index < -0.39 is 0 Å². The zero-order chi connectivity index (χ0) is 16.9. The second kappa shape index (κ2) is 7.29. The van der Waals surface area contributed by atoms with Crippen molar-refractivity contribution in [1.82, 2.24) is 15.0 Å². The lowest BCUT2D eigenvalue weighted by molar-refractivity contribution is 0.305. The number of nitrogens with one attached hydrogen (secondary N) is 1. The van der Waals surface area contributed by atoms with E-state index in [0.29, 0.717) is 12.3 Å². The first-order chi connectivity index (χ1) is 11.7. The summed E-state index contributed by atoms with van der Waals surface area (Å²) >= 11 is 0. The molecule has 0 bridgehead atoms. The lowest BCUT2D eigenvalue weighted by Gasteiger charge is -2.07. The van der Waals surface area contributed by atoms with Crippen molar-refractivity contribution in [3.8, 4) is 23.1 Å². The van der Waals surface area contributed by atoms with Gasteiger partial charge in [-0.25, -0.2) is 4.98 Å². The predicted octanol–water partition coefficient (Wildman–Crippen LogP) is 3.56. The first-order valence-corrected chi connectivity index (χ1v) is 8.19. The van der Waals surface area contributed by atoms with E-state index in [4.69, 9.17) is 5.11 Å². The molecule has 0 saturated carbocycles. The van der Waals surface area contributed by atoms with Gasteiger partial charge in [-0.2, -0.15) is 0 Å². The monoisotopic (exact) mass is 319 g/mol. The van der Waals surface area contributed by atoms with Crippen molar-refractivity contribution in [2.24, 2.45) is 5.92 Å². The van der Waals surface area contributed by atoms with E-state index in [-0.39, 0.29) is 6.61 Å². The van der Waals surface area contributed by atoms with Gasteiger partial charge in [0.1, 0.15) is 5.65 Å². The molecule has 3 heterocycles. The summed E-state index contributed by atoms with van der Waals surface area (Å²) in [5, 5.41) is 9.98. The number of fused-ring (bicyclic) bond motifs is 1. The van der Waals surface area contributed by atoms with E-state index in [1.807, 2.05) is 12.1 Å². The highest BCUT2D eigenvalue weighted by Gasteiger charge is 2.15. The Hall–Kier alpha value is -2.64. The van der Waals surface area contributed by atoms with Crippen molar-refractivity contribution in [2.45, 2.75) is 26.7 Å². The summed E-state index contributed by atoms with van der Waals surface area (Å²) in [6.07, 6.45) is 6.83. The quantitative estimate of drug-likeness (QED) is 0.723. The van der Waals surface area contributed by atoms with Gasteiger partial charge in [0.05, 0.1) is 12.3 Å². The van der Waals surface area contributed by atoms with Gasteiger partial charge in [0.25, 0.3) is 0 Å². The van der Waals surface area contributed by atoms with Gasteiger partial charge in [-0.05, 0) is 36.1 Å². The average molecular weight is 319 g/mol. The normalized spacial score (nSPS) is 10.8. The van der Waals surface area contributed by atoms with E-state index in [1.54, 1.807) is 18.6 Å². The topological polar surface area (TPSA) is 61.8 Å². The first kappa shape index (κ1) is 16.2. The molecule has 0 radical (unpaired) electrons. The summed E-state index contributed by atoms with van der Waals surface area (Å²) in [6.45, 7) is 4.51. The Morgan fingerprint density at radius 2 is 2.04 bits per heavy atom. The van der Waals surface area contributed by atoms with Crippen molar-refractivity contribution in [3.05, 3.63) is 47.9 Å². The smallest absolute Gasteiger partial charge is 0.138 e. The van der Waals surface area contributed by atoms with Crippen LogP contribution in [0.4, 0.5) is 0 Å². The Bertz CT molecular complexity index is 886. The Kier molecular flexibility index (Phi) is 4.93. The standard InChI is InChI=1S/C20H21N3O/c1-14(2)11-17-18-12-15(5-3-4-10-24)13-22-20(18)23-19(17)16-6-8-21-9-7-16/h6-9,12-14,24H,4,10-11H2,1-2H3,(H,22,23). The molecule has 0 unspecified atom stereocenters. The van der Waals surface area contributed by atoms with E-state index in [1.165, 1.54) is 5.56 Å². The van der Waals surface area contributed by atoms with Crippen molar-refractivity contribution in [1.29, 1.82) is 0 Å². The number of nitrogens with zero attached hydrogens (tertiary/aromatic N) is 2. The number of aromatic nitrogens is 3. The highest BCUT2D eigenvalue weighted by molar-refractivity contribution is 5.89. The summed E-state index contributed by atoms with van der Waals surface area (Å²) in [7, 11) is 0. The van der Waals surface area contributed by atoms with E-state index in [2.05, 4.69) is 46.7 Å². The SMILES string of the molecule is CC(C)Cc1c(-c2ccncc2)[nH]c2ncc(C#CCCO)cc12. The fourth-order valence-corrected chi connectivity index (χ4v) is 2.80. The van der Waals surface area contributed by atoms with Crippen LogP contribution in [0.5, 0.6) is 0 Å². The van der Waals surface area contributed by atoms with Crippen molar-refractivity contribution < 1.29 is 5.11 Å². The van der Waals surface area contributed by atoms with Gasteiger partial charge in [0, 0.05) is 41.5 Å². The number of hydrogen-bond donors (Lipinski definition) is 2. The fraction of sp³-hybridized carbons (Fsp3) is 0.300. The molecular weight excluding hydrogens is 298 g/mol. The second-order valence-corrected chi connectivity index (χ2v) is 6.21. The number of aliphatic hydroxyl groups excluding tert-OH is 1. The third-order valence-electron chi connectivity index (χ3n) is 3.81. The maximum absolute atomic E-state index is 8.86. The zero-order valence-electron chi connectivity index (χ0n) is 14.0. The second-order valence-electron chi connectivity index (χ2n) is 6.21. The zero-order valence-corrected chi connectivity index (χ0v) is 14.0. The van der Waals surface area contributed by atoms with Crippen LogP contribution in [0.3, 0.4) is 0 Å². The van der Waals surface area contributed by atoms with E-state index in [9.17, 15) is 0 Å². The Balaban J connectivity index is 2.13. The predicted molar refractivity (Wildman–Crippen MR) is 96.4 cm³/mol. The molecule has 0 aliphatic carbocycles. The maximum Gasteiger partial charge on any atom is 0.138 e. The molecule has 0 atom stereocenters. The van der Waals surface area contributed by atoms with Crippen LogP contribution in [0.25, 0.3) is 22.3 Å². The molecule has 3 aromatic heterocycles. The van der Waals surface area contributed by atoms with Gasteiger partial charge in [0.15, 0.2) is 0 Å². The Morgan fingerprint density at radius 3 is 2.75 bits per heavy atom. The van der Waals surface area contributed by atoms with Crippen LogP contribution in [0.15, 0.2) is 36.8 Å². The van der Waals surface area contributed by atoms with Crippen molar-refractivity contribution in [3.63, 3.8) is 0 Å². The molecule has 4 heteroatoms. The van der Waals surface area contributed by atoms with E-state index >= 15 is 0 Å². The van der Waals surface area contributed by atoms with Crippen LogP contribution in [0.1, 0.15) is 31.4 Å². The Labute approximate surface area is 142 Å². The average Bonchev–Trinajstić information content (AvgIpc) is 2.93. The largest absolute Gasteiger partial charge is 0.395 e. The summed E-state index contributed by atoms with van der Waals surface area (Å²) < 4.78 is 0. The minimum Gasteiger partial charge on any atom is -0.395 e. The molecule has 0 fully saturated rings. The molecule has 0 aliphatic heterocycles. The first-order valence-electron chi connectivity index (χ1n) is 8.19. The van der Waals surface area contributed by atoms with Crippen LogP contribution in [-0.4, -0.2) is 26.7 Å². The van der Waals surface area contributed by atoms with E-state index in [0.717, 1.165) is 34.3 Å². The molecule has 3 aromatic rings. The van der Waals surface area contributed by atoms with Crippen LogP contribution in [0.2, 0.25) is 0 Å². The molecule has 0 aliphatic rings. The molecule has 4 nitrogen and oxygen atoms in total. The number of rotatable bonds is 4. The maximum atomic E-state index is 8.86. The van der Waals surface area contributed by atoms with Gasteiger partial charge < -0.3 is 10.1 Å². The third-order valence-corrected chi connectivity index (χ3v) is 3.81.